The highest BCUT2D eigenvalue weighted by Crippen LogP contribution is 2.26. The Morgan fingerprint density at radius 2 is 2.04 bits per heavy atom. The molecule has 2 aliphatic heterocycles. The lowest BCUT2D eigenvalue weighted by Gasteiger charge is -2.42. The molecule has 0 aromatic carbocycles. The Morgan fingerprint density at radius 1 is 1.26 bits per heavy atom. The number of nitrogens with zero attached hydrogens (tertiary/aromatic N) is 4. The molecule has 0 aliphatic carbocycles. The molecule has 0 bridgehead atoms. The Morgan fingerprint density at radius 3 is 2.78 bits per heavy atom. The number of ether oxygens (including phenoxy) is 1. The molecule has 0 radical (unpaired) electrons. The highest BCUT2D eigenvalue weighted by atomic mass is 16.5. The summed E-state index contributed by atoms with van der Waals surface area (Å²) in [5.41, 5.74) is 1.97. The molecule has 1 aromatic rings. The van der Waals surface area contributed by atoms with Crippen molar-refractivity contribution in [2.45, 2.75) is 45.6 Å². The maximum absolute atomic E-state index is 12.4. The van der Waals surface area contributed by atoms with Gasteiger partial charge in [0.15, 0.2) is 0 Å². The zero-order chi connectivity index (χ0) is 19.2. The van der Waals surface area contributed by atoms with Gasteiger partial charge in [0, 0.05) is 45.5 Å². The molecular formula is C20H33N5O2. The van der Waals surface area contributed by atoms with Crippen LogP contribution in [0.3, 0.4) is 0 Å². The molecule has 3 heterocycles. The van der Waals surface area contributed by atoms with Gasteiger partial charge in [-0.15, -0.1) is 0 Å². The first-order valence-corrected chi connectivity index (χ1v) is 10.1. The standard InChI is InChI=1S/C20H33N5O2/c1-15-13-22-16(2)19(23-15)24-10-6-18(7-11-24)25-9-4-5-17(14-25)20(26)21-8-12-27-3/h13,17-18H,4-12,14H2,1-3H3,(H,21,26)/t17-/m0/s1. The fraction of sp³-hybridized carbons (Fsp3) is 0.750. The van der Waals surface area contributed by atoms with Crippen molar-refractivity contribution in [2.24, 2.45) is 5.92 Å². The molecule has 7 heteroatoms. The van der Waals surface area contributed by atoms with Crippen LogP contribution in [-0.4, -0.2) is 73.3 Å². The minimum Gasteiger partial charge on any atom is -0.383 e. The SMILES string of the molecule is COCCNC(=O)[C@H]1CCCN(C2CCN(c3nc(C)cnc3C)CC2)C1. The summed E-state index contributed by atoms with van der Waals surface area (Å²) in [7, 11) is 1.66. The Hall–Kier alpha value is -1.73. The molecule has 1 aromatic heterocycles. The summed E-state index contributed by atoms with van der Waals surface area (Å²) < 4.78 is 5.02. The normalized spacial score (nSPS) is 22.0. The zero-order valence-electron chi connectivity index (χ0n) is 16.9. The van der Waals surface area contributed by atoms with Crippen molar-refractivity contribution in [3.63, 3.8) is 0 Å². The maximum Gasteiger partial charge on any atom is 0.224 e. The van der Waals surface area contributed by atoms with E-state index in [4.69, 9.17) is 9.72 Å². The largest absolute Gasteiger partial charge is 0.383 e. The molecule has 2 saturated heterocycles. The molecule has 0 unspecified atom stereocenters. The predicted molar refractivity (Wildman–Crippen MR) is 106 cm³/mol. The molecule has 150 valence electrons. The lowest BCUT2D eigenvalue weighted by Crippen LogP contribution is -2.51. The van der Waals surface area contributed by atoms with Crippen LogP contribution in [0, 0.1) is 19.8 Å². The minimum absolute atomic E-state index is 0.110. The number of anilines is 1. The van der Waals surface area contributed by atoms with E-state index in [1.807, 2.05) is 20.0 Å². The topological polar surface area (TPSA) is 70.6 Å². The number of carbonyl (C=O) groups is 1. The smallest absolute Gasteiger partial charge is 0.224 e. The molecule has 3 rings (SSSR count). The molecule has 27 heavy (non-hydrogen) atoms. The molecular weight excluding hydrogens is 342 g/mol. The van der Waals surface area contributed by atoms with E-state index >= 15 is 0 Å². The van der Waals surface area contributed by atoms with Crippen LogP contribution in [0.25, 0.3) is 0 Å². The van der Waals surface area contributed by atoms with Crippen LogP contribution in [0.1, 0.15) is 37.1 Å². The quantitative estimate of drug-likeness (QED) is 0.761. The number of aryl methyl sites for hydroxylation is 2. The van der Waals surface area contributed by atoms with Gasteiger partial charge in [0.05, 0.1) is 23.9 Å². The molecule has 1 atom stereocenters. The highest BCUT2D eigenvalue weighted by molar-refractivity contribution is 5.78. The molecule has 0 spiro atoms. The third-order valence-corrected chi connectivity index (χ3v) is 5.76. The Balaban J connectivity index is 1.51. The third kappa shape index (κ3) is 5.17. The monoisotopic (exact) mass is 375 g/mol. The third-order valence-electron chi connectivity index (χ3n) is 5.76. The van der Waals surface area contributed by atoms with Gasteiger partial charge < -0.3 is 15.0 Å². The Labute approximate surface area is 162 Å². The predicted octanol–water partition coefficient (Wildman–Crippen LogP) is 1.54. The number of aromatic nitrogens is 2. The van der Waals surface area contributed by atoms with Gasteiger partial charge in [-0.25, -0.2) is 4.98 Å². The van der Waals surface area contributed by atoms with E-state index < -0.39 is 0 Å². The van der Waals surface area contributed by atoms with Crippen LogP contribution < -0.4 is 10.2 Å². The van der Waals surface area contributed by atoms with Gasteiger partial charge in [-0.1, -0.05) is 0 Å². The summed E-state index contributed by atoms with van der Waals surface area (Å²) in [4.78, 5) is 26.4. The van der Waals surface area contributed by atoms with E-state index in [1.54, 1.807) is 7.11 Å². The average molecular weight is 376 g/mol. The first kappa shape index (κ1) is 20.0. The van der Waals surface area contributed by atoms with E-state index in [2.05, 4.69) is 20.1 Å². The minimum atomic E-state index is 0.110. The summed E-state index contributed by atoms with van der Waals surface area (Å²) in [6.07, 6.45) is 6.16. The van der Waals surface area contributed by atoms with Crippen molar-refractivity contribution in [3.8, 4) is 0 Å². The molecule has 1 N–H and O–H groups in total. The van der Waals surface area contributed by atoms with E-state index in [-0.39, 0.29) is 11.8 Å². The van der Waals surface area contributed by atoms with Crippen LogP contribution >= 0.6 is 0 Å². The Kier molecular flexibility index (Phi) is 7.01. The fourth-order valence-electron chi connectivity index (χ4n) is 4.24. The Bertz CT molecular complexity index is 631. The summed E-state index contributed by atoms with van der Waals surface area (Å²) in [6, 6.07) is 0.564. The number of hydrogen-bond acceptors (Lipinski definition) is 6. The molecule has 2 aliphatic rings. The summed E-state index contributed by atoms with van der Waals surface area (Å²) >= 11 is 0. The second-order valence-electron chi connectivity index (χ2n) is 7.76. The van der Waals surface area contributed by atoms with Gasteiger partial charge in [-0.05, 0) is 46.1 Å². The second kappa shape index (κ2) is 9.46. The zero-order valence-corrected chi connectivity index (χ0v) is 16.9. The number of rotatable bonds is 6. The number of methoxy groups -OCH3 is 1. The second-order valence-corrected chi connectivity index (χ2v) is 7.76. The van der Waals surface area contributed by atoms with Crippen LogP contribution in [0.2, 0.25) is 0 Å². The van der Waals surface area contributed by atoms with Crippen molar-refractivity contribution in [2.75, 3.05) is 51.3 Å². The van der Waals surface area contributed by atoms with Crippen molar-refractivity contribution in [1.29, 1.82) is 0 Å². The van der Waals surface area contributed by atoms with Crippen LogP contribution in [0.5, 0.6) is 0 Å². The van der Waals surface area contributed by atoms with Gasteiger partial charge in [0.1, 0.15) is 5.82 Å². The number of nitrogens with one attached hydrogen (secondary N) is 1. The number of piperidine rings is 2. The first-order valence-electron chi connectivity index (χ1n) is 10.1. The van der Waals surface area contributed by atoms with Gasteiger partial charge in [0.25, 0.3) is 0 Å². The van der Waals surface area contributed by atoms with Crippen LogP contribution in [0.15, 0.2) is 6.20 Å². The van der Waals surface area contributed by atoms with E-state index in [1.165, 1.54) is 0 Å². The lowest BCUT2D eigenvalue weighted by atomic mass is 9.93. The fourth-order valence-corrected chi connectivity index (χ4v) is 4.24. The average Bonchev–Trinajstić information content (AvgIpc) is 2.70. The first-order chi connectivity index (χ1) is 13.1. The van der Waals surface area contributed by atoms with E-state index in [0.717, 1.165) is 69.1 Å². The van der Waals surface area contributed by atoms with Crippen molar-refractivity contribution in [1.82, 2.24) is 20.2 Å². The summed E-state index contributed by atoms with van der Waals surface area (Å²) in [5, 5.41) is 3.00. The van der Waals surface area contributed by atoms with Gasteiger partial charge in [-0.2, -0.15) is 0 Å². The van der Waals surface area contributed by atoms with Crippen LogP contribution in [-0.2, 0) is 9.53 Å². The van der Waals surface area contributed by atoms with Crippen LogP contribution in [0.4, 0.5) is 5.82 Å². The number of carbonyl (C=O) groups excluding carboxylic acids is 1. The van der Waals surface area contributed by atoms with Gasteiger partial charge >= 0.3 is 0 Å². The van der Waals surface area contributed by atoms with E-state index in [0.29, 0.717) is 19.2 Å². The van der Waals surface area contributed by atoms with Gasteiger partial charge in [0.2, 0.25) is 5.91 Å². The summed E-state index contributed by atoms with van der Waals surface area (Å²) in [5.74, 6) is 1.32. The van der Waals surface area contributed by atoms with E-state index in [9.17, 15) is 4.79 Å². The number of hydrogen-bond donors (Lipinski definition) is 1. The molecule has 0 saturated carbocycles. The molecule has 7 nitrogen and oxygen atoms in total. The number of amides is 1. The number of likely N-dealkylation sites (tertiary alicyclic amines) is 1. The molecule has 1 amide bonds. The molecule has 2 fully saturated rings. The van der Waals surface area contributed by atoms with Crippen molar-refractivity contribution < 1.29 is 9.53 Å². The van der Waals surface area contributed by atoms with Crippen molar-refractivity contribution in [3.05, 3.63) is 17.6 Å². The summed E-state index contributed by atoms with van der Waals surface area (Å²) in [6.45, 7) is 9.20. The highest BCUT2D eigenvalue weighted by Gasteiger charge is 2.32. The van der Waals surface area contributed by atoms with Crippen molar-refractivity contribution >= 4 is 11.7 Å². The maximum atomic E-state index is 12.4. The lowest BCUT2D eigenvalue weighted by molar-refractivity contribution is -0.127. The van der Waals surface area contributed by atoms with Gasteiger partial charge in [-0.3, -0.25) is 14.7 Å².